The fourth-order valence-corrected chi connectivity index (χ4v) is 2.96. The van der Waals surface area contributed by atoms with Gasteiger partial charge in [-0.05, 0) is 54.3 Å². The third kappa shape index (κ3) is 6.84. The zero-order valence-electron chi connectivity index (χ0n) is 16.4. The lowest BCUT2D eigenvalue weighted by atomic mass is 9.85. The summed E-state index contributed by atoms with van der Waals surface area (Å²) in [7, 11) is 1.50. The van der Waals surface area contributed by atoms with Crippen molar-refractivity contribution in [1.29, 1.82) is 0 Å². The molecule has 0 fully saturated rings. The molecule has 0 spiro atoms. The number of hydrogen-bond acceptors (Lipinski definition) is 1. The van der Waals surface area contributed by atoms with Crippen molar-refractivity contribution in [1.82, 2.24) is 0 Å². The molecule has 1 unspecified atom stereocenters. The van der Waals surface area contributed by atoms with E-state index in [-0.39, 0.29) is 11.7 Å². The molecule has 1 atom stereocenters. The van der Waals surface area contributed by atoms with Crippen LogP contribution in [0.25, 0.3) is 0 Å². The van der Waals surface area contributed by atoms with Gasteiger partial charge in [0.25, 0.3) is 0 Å². The van der Waals surface area contributed by atoms with Crippen molar-refractivity contribution in [2.75, 3.05) is 7.05 Å². The Bertz CT molecular complexity index is 749. The molecule has 0 aromatic heterocycles. The first-order valence-electron chi connectivity index (χ1n) is 9.22. The predicted molar refractivity (Wildman–Crippen MR) is 116 cm³/mol. The first-order chi connectivity index (χ1) is 13.3. The lowest BCUT2D eigenvalue weighted by Gasteiger charge is -2.19. The first-order valence-corrected chi connectivity index (χ1v) is 9.22. The molecule has 2 heteroatoms. The maximum Gasteiger partial charge on any atom is 0.123 e. The SMILES string of the molecule is C=C.CCc1ccc(C(Cc2ccc(F)cc2)c2ccccc2)cc1.CN. The second-order valence-corrected chi connectivity index (χ2v) is 5.89. The molecule has 0 aliphatic carbocycles. The maximum absolute atomic E-state index is 13.2. The minimum atomic E-state index is -0.183. The molecule has 0 saturated carbocycles. The van der Waals surface area contributed by atoms with E-state index in [4.69, 9.17) is 0 Å². The highest BCUT2D eigenvalue weighted by molar-refractivity contribution is 5.36. The van der Waals surface area contributed by atoms with Crippen LogP contribution in [-0.4, -0.2) is 7.05 Å². The average Bonchev–Trinajstić information content (AvgIpc) is 2.77. The van der Waals surface area contributed by atoms with Crippen molar-refractivity contribution in [3.63, 3.8) is 0 Å². The summed E-state index contributed by atoms with van der Waals surface area (Å²) in [6.07, 6.45) is 1.92. The summed E-state index contributed by atoms with van der Waals surface area (Å²) in [6, 6.07) is 26.2. The van der Waals surface area contributed by atoms with Crippen LogP contribution < -0.4 is 5.73 Å². The van der Waals surface area contributed by atoms with Gasteiger partial charge in [-0.15, -0.1) is 13.2 Å². The Hall–Kier alpha value is -2.71. The highest BCUT2D eigenvalue weighted by Gasteiger charge is 2.15. The molecule has 2 N–H and O–H groups in total. The Labute approximate surface area is 163 Å². The zero-order valence-corrected chi connectivity index (χ0v) is 16.4. The summed E-state index contributed by atoms with van der Waals surface area (Å²) >= 11 is 0. The molecule has 0 bridgehead atoms. The number of halogens is 1. The minimum absolute atomic E-state index is 0.183. The van der Waals surface area contributed by atoms with E-state index >= 15 is 0 Å². The summed E-state index contributed by atoms with van der Waals surface area (Å²) < 4.78 is 13.2. The van der Waals surface area contributed by atoms with Crippen molar-refractivity contribution < 1.29 is 4.39 Å². The summed E-state index contributed by atoms with van der Waals surface area (Å²) in [4.78, 5) is 0. The molecule has 0 saturated heterocycles. The third-order valence-electron chi connectivity index (χ3n) is 4.35. The van der Waals surface area contributed by atoms with Crippen LogP contribution in [0.2, 0.25) is 0 Å². The molecule has 0 aliphatic rings. The standard InChI is InChI=1S/C22H21F.C2H4.CH5N/c1-2-17-8-12-20(13-9-17)22(19-6-4-3-5-7-19)16-18-10-14-21(23)15-11-18;2*1-2/h3-15,22H,2,16H2,1H3;1-2H2;2H2,1H3. The number of rotatable bonds is 5. The van der Waals surface area contributed by atoms with Gasteiger partial charge in [-0.1, -0.05) is 73.7 Å². The molecule has 1 nitrogen and oxygen atoms in total. The molecular formula is C25H30FN. The largest absolute Gasteiger partial charge is 0.333 e. The molecular weight excluding hydrogens is 333 g/mol. The minimum Gasteiger partial charge on any atom is -0.333 e. The van der Waals surface area contributed by atoms with E-state index in [2.05, 4.69) is 74.3 Å². The zero-order chi connectivity index (χ0) is 20.1. The van der Waals surface area contributed by atoms with Crippen LogP contribution in [0.4, 0.5) is 4.39 Å². The Kier molecular flexibility index (Phi) is 10.4. The molecule has 0 heterocycles. The van der Waals surface area contributed by atoms with Gasteiger partial charge < -0.3 is 5.73 Å². The molecule has 3 aromatic carbocycles. The highest BCUT2D eigenvalue weighted by Crippen LogP contribution is 2.29. The van der Waals surface area contributed by atoms with E-state index in [1.807, 2.05) is 18.2 Å². The van der Waals surface area contributed by atoms with Gasteiger partial charge in [0.1, 0.15) is 5.82 Å². The van der Waals surface area contributed by atoms with Crippen LogP contribution in [-0.2, 0) is 12.8 Å². The summed E-state index contributed by atoms with van der Waals surface area (Å²) in [6.45, 7) is 8.17. The van der Waals surface area contributed by atoms with E-state index in [0.717, 1.165) is 18.4 Å². The van der Waals surface area contributed by atoms with Crippen molar-refractivity contribution in [3.8, 4) is 0 Å². The van der Waals surface area contributed by atoms with Gasteiger partial charge in [-0.2, -0.15) is 0 Å². The average molecular weight is 364 g/mol. The summed E-state index contributed by atoms with van der Waals surface area (Å²) in [5, 5.41) is 0. The van der Waals surface area contributed by atoms with Crippen LogP contribution in [0.15, 0.2) is 92.0 Å². The number of hydrogen-bond donors (Lipinski definition) is 1. The number of benzene rings is 3. The van der Waals surface area contributed by atoms with Crippen LogP contribution in [0, 0.1) is 5.82 Å². The molecule has 3 rings (SSSR count). The van der Waals surface area contributed by atoms with Crippen LogP contribution in [0.5, 0.6) is 0 Å². The van der Waals surface area contributed by atoms with Crippen LogP contribution >= 0.6 is 0 Å². The third-order valence-corrected chi connectivity index (χ3v) is 4.35. The van der Waals surface area contributed by atoms with Gasteiger partial charge in [0, 0.05) is 5.92 Å². The molecule has 142 valence electrons. The second kappa shape index (κ2) is 12.6. The van der Waals surface area contributed by atoms with Crippen molar-refractivity contribution >= 4 is 0 Å². The van der Waals surface area contributed by atoms with E-state index in [0.29, 0.717) is 0 Å². The first kappa shape index (κ1) is 22.3. The molecule has 0 amide bonds. The second-order valence-electron chi connectivity index (χ2n) is 5.89. The maximum atomic E-state index is 13.2. The fraction of sp³-hybridized carbons (Fsp3) is 0.200. The quantitative estimate of drug-likeness (QED) is 0.541. The van der Waals surface area contributed by atoms with Gasteiger partial charge in [-0.3, -0.25) is 0 Å². The van der Waals surface area contributed by atoms with E-state index < -0.39 is 0 Å². The molecule has 0 radical (unpaired) electrons. The Morgan fingerprint density at radius 3 is 1.74 bits per heavy atom. The van der Waals surface area contributed by atoms with Gasteiger partial charge >= 0.3 is 0 Å². The smallest absolute Gasteiger partial charge is 0.123 e. The summed E-state index contributed by atoms with van der Waals surface area (Å²) in [5.41, 5.74) is 9.60. The van der Waals surface area contributed by atoms with Gasteiger partial charge in [-0.25, -0.2) is 4.39 Å². The van der Waals surface area contributed by atoms with Crippen molar-refractivity contribution in [3.05, 3.63) is 120 Å². The molecule has 3 aromatic rings. The van der Waals surface area contributed by atoms with E-state index in [1.54, 1.807) is 0 Å². The van der Waals surface area contributed by atoms with Gasteiger partial charge in [0.15, 0.2) is 0 Å². The fourth-order valence-electron chi connectivity index (χ4n) is 2.96. The Balaban J connectivity index is 0.000000855. The van der Waals surface area contributed by atoms with Crippen molar-refractivity contribution in [2.45, 2.75) is 25.7 Å². The Morgan fingerprint density at radius 1 is 0.741 bits per heavy atom. The lowest BCUT2D eigenvalue weighted by molar-refractivity contribution is 0.626. The Morgan fingerprint density at radius 2 is 1.22 bits per heavy atom. The van der Waals surface area contributed by atoms with E-state index in [9.17, 15) is 4.39 Å². The van der Waals surface area contributed by atoms with Crippen molar-refractivity contribution in [2.24, 2.45) is 5.73 Å². The normalized spacial score (nSPS) is 10.7. The monoisotopic (exact) mass is 363 g/mol. The van der Waals surface area contributed by atoms with Crippen LogP contribution in [0.3, 0.4) is 0 Å². The highest BCUT2D eigenvalue weighted by atomic mass is 19.1. The molecule has 27 heavy (non-hydrogen) atoms. The molecule has 0 aliphatic heterocycles. The lowest BCUT2D eigenvalue weighted by Crippen LogP contribution is -2.05. The number of aryl methyl sites for hydroxylation is 1. The van der Waals surface area contributed by atoms with Crippen LogP contribution in [0.1, 0.15) is 35.1 Å². The topological polar surface area (TPSA) is 26.0 Å². The predicted octanol–water partition coefficient (Wildman–Crippen LogP) is 6.14. The number of nitrogens with two attached hydrogens (primary N) is 1. The summed E-state index contributed by atoms with van der Waals surface area (Å²) in [5.74, 6) is 0.102. The van der Waals surface area contributed by atoms with Gasteiger partial charge in [0.05, 0.1) is 0 Å². The van der Waals surface area contributed by atoms with Gasteiger partial charge in [0.2, 0.25) is 0 Å². The van der Waals surface area contributed by atoms with E-state index in [1.165, 1.54) is 35.9 Å².